The van der Waals surface area contributed by atoms with Gasteiger partial charge in [0.25, 0.3) is 5.91 Å². The Bertz CT molecular complexity index is 1480. The Morgan fingerprint density at radius 1 is 0.865 bits per heavy atom. The normalized spacial score (nSPS) is 10.9. The lowest BCUT2D eigenvalue weighted by molar-refractivity contribution is 0.0951. The zero-order valence-corrected chi connectivity index (χ0v) is 21.0. The van der Waals surface area contributed by atoms with Crippen LogP contribution in [-0.4, -0.2) is 25.7 Å². The van der Waals surface area contributed by atoms with Crippen molar-refractivity contribution < 1.29 is 9.18 Å². The van der Waals surface area contributed by atoms with Crippen LogP contribution in [0, 0.1) is 12.7 Å². The van der Waals surface area contributed by atoms with Crippen LogP contribution in [0.4, 0.5) is 4.39 Å². The Hall–Kier alpha value is -4.30. The number of hydrogen-bond donors (Lipinski definition) is 1. The summed E-state index contributed by atoms with van der Waals surface area (Å²) in [6.07, 6.45) is 3.49. The van der Waals surface area contributed by atoms with E-state index in [1.165, 1.54) is 17.7 Å². The molecule has 1 N–H and O–H groups in total. The highest BCUT2D eigenvalue weighted by atomic mass is 32.2. The zero-order chi connectivity index (χ0) is 25.6. The van der Waals surface area contributed by atoms with E-state index in [1.54, 1.807) is 36.3 Å². The van der Waals surface area contributed by atoms with Gasteiger partial charge in [-0.25, -0.2) is 4.39 Å². The smallest absolute Gasteiger partial charge is 0.251 e. The molecule has 0 unspecified atom stereocenters. The van der Waals surface area contributed by atoms with Gasteiger partial charge in [0.15, 0.2) is 11.0 Å². The average Bonchev–Trinajstić information content (AvgIpc) is 3.36. The van der Waals surface area contributed by atoms with Crippen molar-refractivity contribution >= 4 is 17.7 Å². The fourth-order valence-corrected chi connectivity index (χ4v) is 4.67. The van der Waals surface area contributed by atoms with Gasteiger partial charge in [0.05, 0.1) is 0 Å². The molecule has 0 saturated carbocycles. The molecule has 1 amide bonds. The minimum atomic E-state index is -0.297. The number of nitrogens with zero attached hydrogens (tertiary/aromatic N) is 4. The first-order valence-corrected chi connectivity index (χ1v) is 12.7. The second-order valence-corrected chi connectivity index (χ2v) is 9.45. The van der Waals surface area contributed by atoms with Gasteiger partial charge in [0, 0.05) is 41.5 Å². The fourth-order valence-electron chi connectivity index (χ4n) is 3.76. The molecule has 0 fully saturated rings. The number of aryl methyl sites for hydroxylation is 1. The van der Waals surface area contributed by atoms with Crippen LogP contribution in [0.2, 0.25) is 0 Å². The number of amides is 1. The number of pyridine rings is 1. The van der Waals surface area contributed by atoms with E-state index in [-0.39, 0.29) is 11.7 Å². The average molecular weight is 510 g/mol. The molecule has 0 atom stereocenters. The summed E-state index contributed by atoms with van der Waals surface area (Å²) in [6, 6.07) is 25.7. The fraction of sp³-hybridized carbons (Fsp3) is 0.103. The number of nitrogens with one attached hydrogen (secondary N) is 1. The Balaban J connectivity index is 1.29. The molecule has 6 nitrogen and oxygen atoms in total. The van der Waals surface area contributed by atoms with Gasteiger partial charge in [-0.15, -0.1) is 10.2 Å². The lowest BCUT2D eigenvalue weighted by Gasteiger charge is -2.11. The Morgan fingerprint density at radius 3 is 2.24 bits per heavy atom. The second kappa shape index (κ2) is 11.2. The van der Waals surface area contributed by atoms with E-state index in [4.69, 9.17) is 0 Å². The number of benzene rings is 3. The molecule has 0 bridgehead atoms. The highest BCUT2D eigenvalue weighted by molar-refractivity contribution is 7.98. The maximum Gasteiger partial charge on any atom is 0.251 e. The molecule has 5 rings (SSSR count). The number of carbonyl (C=O) groups is 1. The van der Waals surface area contributed by atoms with E-state index in [9.17, 15) is 9.18 Å². The zero-order valence-electron chi connectivity index (χ0n) is 20.1. The van der Waals surface area contributed by atoms with Crippen LogP contribution in [-0.2, 0) is 12.3 Å². The molecule has 0 radical (unpaired) electrons. The third-order valence-corrected chi connectivity index (χ3v) is 6.81. The van der Waals surface area contributed by atoms with E-state index >= 15 is 0 Å². The topological polar surface area (TPSA) is 72.7 Å². The van der Waals surface area contributed by atoms with E-state index in [2.05, 4.69) is 56.3 Å². The van der Waals surface area contributed by atoms with E-state index in [0.717, 1.165) is 33.4 Å². The van der Waals surface area contributed by atoms with E-state index < -0.39 is 0 Å². The van der Waals surface area contributed by atoms with E-state index in [0.29, 0.717) is 17.9 Å². The Kier molecular flexibility index (Phi) is 7.37. The summed E-state index contributed by atoms with van der Waals surface area (Å²) >= 11 is 1.58. The molecule has 0 saturated heterocycles. The molecular formula is C29H24FN5OS. The molecule has 5 aromatic rings. The summed E-state index contributed by atoms with van der Waals surface area (Å²) < 4.78 is 15.1. The summed E-state index contributed by atoms with van der Waals surface area (Å²) in [5.41, 5.74) is 5.57. The van der Waals surface area contributed by atoms with Crippen LogP contribution in [0.5, 0.6) is 0 Å². The summed E-state index contributed by atoms with van der Waals surface area (Å²) in [7, 11) is 0. The highest BCUT2D eigenvalue weighted by Gasteiger charge is 2.16. The quantitative estimate of drug-likeness (QED) is 0.260. The highest BCUT2D eigenvalue weighted by Crippen LogP contribution is 2.29. The van der Waals surface area contributed by atoms with Gasteiger partial charge in [0.2, 0.25) is 0 Å². The van der Waals surface area contributed by atoms with Crippen molar-refractivity contribution in [2.24, 2.45) is 0 Å². The summed E-state index contributed by atoms with van der Waals surface area (Å²) in [6.45, 7) is 2.40. The third kappa shape index (κ3) is 5.92. The van der Waals surface area contributed by atoms with Gasteiger partial charge in [-0.3, -0.25) is 14.3 Å². The largest absolute Gasteiger partial charge is 0.348 e. The SMILES string of the molecule is Cc1ccc(-n2c(SCc3ccc(C(=O)NCc4ccc(F)cc4)cc3)nnc2-c2ccncc2)cc1. The number of hydrogen-bond acceptors (Lipinski definition) is 5. The van der Waals surface area contributed by atoms with Gasteiger partial charge >= 0.3 is 0 Å². The first-order chi connectivity index (χ1) is 18.1. The van der Waals surface area contributed by atoms with Crippen molar-refractivity contribution in [1.82, 2.24) is 25.1 Å². The van der Waals surface area contributed by atoms with Crippen LogP contribution in [0.15, 0.2) is 102 Å². The predicted molar refractivity (Wildman–Crippen MR) is 143 cm³/mol. The molecule has 37 heavy (non-hydrogen) atoms. The molecule has 0 aliphatic carbocycles. The van der Waals surface area contributed by atoms with Crippen LogP contribution in [0.3, 0.4) is 0 Å². The summed E-state index contributed by atoms with van der Waals surface area (Å²) in [5.74, 6) is 0.943. The van der Waals surface area contributed by atoms with Gasteiger partial charge in [-0.2, -0.15) is 0 Å². The van der Waals surface area contributed by atoms with Gasteiger partial charge in [0.1, 0.15) is 5.82 Å². The first kappa shape index (κ1) is 24.4. The summed E-state index contributed by atoms with van der Waals surface area (Å²) in [5, 5.41) is 12.6. The molecule has 2 heterocycles. The molecule has 0 aliphatic rings. The number of halogens is 1. The van der Waals surface area contributed by atoms with Crippen molar-refractivity contribution in [3.8, 4) is 17.1 Å². The van der Waals surface area contributed by atoms with Crippen molar-refractivity contribution in [3.05, 3.63) is 125 Å². The van der Waals surface area contributed by atoms with Crippen molar-refractivity contribution in [1.29, 1.82) is 0 Å². The number of aromatic nitrogens is 4. The van der Waals surface area contributed by atoms with Crippen molar-refractivity contribution in [2.75, 3.05) is 0 Å². The molecule has 2 aromatic heterocycles. The molecule has 184 valence electrons. The molecule has 0 aliphatic heterocycles. The van der Waals surface area contributed by atoms with Crippen LogP contribution in [0.1, 0.15) is 27.0 Å². The Morgan fingerprint density at radius 2 is 1.54 bits per heavy atom. The molecule has 3 aromatic carbocycles. The van der Waals surface area contributed by atoms with Crippen LogP contribution in [0.25, 0.3) is 17.1 Å². The maximum atomic E-state index is 13.1. The third-order valence-electron chi connectivity index (χ3n) is 5.81. The number of carbonyl (C=O) groups excluding carboxylic acids is 1. The molecule has 8 heteroatoms. The first-order valence-electron chi connectivity index (χ1n) is 11.7. The molecular weight excluding hydrogens is 485 g/mol. The maximum absolute atomic E-state index is 13.1. The van der Waals surface area contributed by atoms with Crippen molar-refractivity contribution in [2.45, 2.75) is 24.4 Å². The van der Waals surface area contributed by atoms with Gasteiger partial charge < -0.3 is 5.32 Å². The van der Waals surface area contributed by atoms with Crippen LogP contribution >= 0.6 is 11.8 Å². The van der Waals surface area contributed by atoms with Gasteiger partial charge in [-0.05, 0) is 66.6 Å². The van der Waals surface area contributed by atoms with Gasteiger partial charge in [-0.1, -0.05) is 53.7 Å². The van der Waals surface area contributed by atoms with E-state index in [1.807, 2.05) is 36.4 Å². The summed E-state index contributed by atoms with van der Waals surface area (Å²) in [4.78, 5) is 16.6. The minimum Gasteiger partial charge on any atom is -0.348 e. The predicted octanol–water partition coefficient (Wildman–Crippen LogP) is 6.00. The second-order valence-electron chi connectivity index (χ2n) is 8.51. The number of rotatable bonds is 8. The number of thioether (sulfide) groups is 1. The molecule has 0 spiro atoms. The Labute approximate surface area is 218 Å². The van der Waals surface area contributed by atoms with Crippen LogP contribution < -0.4 is 5.32 Å². The minimum absolute atomic E-state index is 0.176. The lowest BCUT2D eigenvalue weighted by Crippen LogP contribution is -2.22. The monoisotopic (exact) mass is 509 g/mol. The van der Waals surface area contributed by atoms with Crippen molar-refractivity contribution in [3.63, 3.8) is 0 Å². The lowest BCUT2D eigenvalue weighted by atomic mass is 10.1. The standard InChI is InChI=1S/C29H24FN5OS/c1-20-2-12-26(13-3-20)35-27(23-14-16-31-17-15-23)33-34-29(35)37-19-22-4-8-24(9-5-22)28(36)32-18-21-6-10-25(30)11-7-21/h2-17H,18-19H2,1H3,(H,32,36).